The van der Waals surface area contributed by atoms with Crippen LogP contribution in [0.15, 0.2) is 0 Å². The Hall–Kier alpha value is -1.26. The molecule has 5 heteroatoms. The average molecular weight is 204 g/mol. The largest absolute Gasteiger partial charge is 0.509 e. The molecule has 0 aliphatic carbocycles. The molecule has 0 heterocycles. The topological polar surface area (TPSA) is 61.8 Å². The molecule has 0 spiro atoms. The van der Waals surface area contributed by atoms with Gasteiger partial charge in [-0.3, -0.25) is 0 Å². The molecule has 1 unspecified atom stereocenters. The monoisotopic (exact) mass is 204 g/mol. The molecule has 0 saturated carbocycles. The molecule has 5 nitrogen and oxygen atoms in total. The second-order valence-electron chi connectivity index (χ2n) is 2.93. The number of carbonyl (C=O) groups excluding carboxylic acids is 2. The van der Waals surface area contributed by atoms with Crippen molar-refractivity contribution in [3.05, 3.63) is 0 Å². The molecule has 0 saturated heterocycles. The number of carbonyl (C=O) groups is 2. The Kier molecular flexibility index (Phi) is 5.67. The molecule has 0 rings (SSSR count). The van der Waals surface area contributed by atoms with Gasteiger partial charge in [-0.15, -0.1) is 0 Å². The van der Waals surface area contributed by atoms with Crippen LogP contribution in [-0.4, -0.2) is 30.9 Å². The molecule has 0 aliphatic rings. The van der Waals surface area contributed by atoms with Crippen LogP contribution in [0.5, 0.6) is 0 Å². The summed E-state index contributed by atoms with van der Waals surface area (Å²) in [5.74, 6) is -0.576. The Morgan fingerprint density at radius 2 is 1.71 bits per heavy atom. The van der Waals surface area contributed by atoms with E-state index in [2.05, 4.69) is 14.2 Å². The Morgan fingerprint density at radius 1 is 1.14 bits per heavy atom. The summed E-state index contributed by atoms with van der Waals surface area (Å²) in [5, 5.41) is 0. The Labute approximate surface area is 83.3 Å². The molecule has 0 aromatic carbocycles. The van der Waals surface area contributed by atoms with E-state index >= 15 is 0 Å². The fourth-order valence-electron chi connectivity index (χ4n) is 0.672. The molecule has 14 heavy (non-hydrogen) atoms. The first-order valence-electron chi connectivity index (χ1n) is 4.51. The number of ether oxygens (including phenoxy) is 3. The van der Waals surface area contributed by atoms with E-state index in [1.54, 1.807) is 20.8 Å². The summed E-state index contributed by atoms with van der Waals surface area (Å²) >= 11 is 0. The standard InChI is InChI=1S/C9H16O5/c1-5-12-8(10)7(4)14-9(11)13-6(2)3/h6-7H,5H2,1-4H3. The van der Waals surface area contributed by atoms with Gasteiger partial charge in [0.2, 0.25) is 0 Å². The lowest BCUT2D eigenvalue weighted by Crippen LogP contribution is -2.27. The third-order valence-electron chi connectivity index (χ3n) is 1.22. The number of rotatable bonds is 4. The van der Waals surface area contributed by atoms with Crippen molar-refractivity contribution < 1.29 is 23.8 Å². The van der Waals surface area contributed by atoms with Crippen LogP contribution < -0.4 is 0 Å². The van der Waals surface area contributed by atoms with Gasteiger partial charge in [-0.1, -0.05) is 0 Å². The highest BCUT2D eigenvalue weighted by molar-refractivity contribution is 5.76. The Bertz CT molecular complexity index is 199. The number of esters is 1. The van der Waals surface area contributed by atoms with Crippen LogP contribution in [0, 0.1) is 0 Å². The maximum Gasteiger partial charge on any atom is 0.509 e. The normalized spacial score (nSPS) is 12.1. The van der Waals surface area contributed by atoms with E-state index in [1.165, 1.54) is 6.92 Å². The lowest BCUT2D eigenvalue weighted by atomic mass is 10.4. The van der Waals surface area contributed by atoms with Crippen molar-refractivity contribution >= 4 is 12.1 Å². The smallest absolute Gasteiger partial charge is 0.463 e. The summed E-state index contributed by atoms with van der Waals surface area (Å²) in [6, 6.07) is 0. The fraction of sp³-hybridized carbons (Fsp3) is 0.778. The first-order valence-corrected chi connectivity index (χ1v) is 4.51. The zero-order valence-electron chi connectivity index (χ0n) is 8.90. The van der Waals surface area contributed by atoms with Gasteiger partial charge in [-0.05, 0) is 27.7 Å². The molecule has 0 aromatic heterocycles. The van der Waals surface area contributed by atoms with Crippen LogP contribution in [0.2, 0.25) is 0 Å². The van der Waals surface area contributed by atoms with Gasteiger partial charge in [-0.2, -0.15) is 0 Å². The second-order valence-corrected chi connectivity index (χ2v) is 2.93. The zero-order chi connectivity index (χ0) is 11.1. The van der Waals surface area contributed by atoms with Crippen molar-refractivity contribution in [1.82, 2.24) is 0 Å². The van der Waals surface area contributed by atoms with Crippen molar-refractivity contribution in [2.75, 3.05) is 6.61 Å². The summed E-state index contributed by atoms with van der Waals surface area (Å²) in [6.45, 7) is 6.75. The van der Waals surface area contributed by atoms with Gasteiger partial charge in [0.05, 0.1) is 12.7 Å². The minimum Gasteiger partial charge on any atom is -0.463 e. The first-order chi connectivity index (χ1) is 6.47. The maximum absolute atomic E-state index is 11.0. The van der Waals surface area contributed by atoms with Gasteiger partial charge in [0.25, 0.3) is 0 Å². The fourth-order valence-corrected chi connectivity index (χ4v) is 0.672. The quantitative estimate of drug-likeness (QED) is 0.649. The minimum atomic E-state index is -0.929. The van der Waals surface area contributed by atoms with Crippen LogP contribution in [0.25, 0.3) is 0 Å². The van der Waals surface area contributed by atoms with E-state index in [1.807, 2.05) is 0 Å². The highest BCUT2D eigenvalue weighted by Gasteiger charge is 2.20. The molecule has 0 fully saturated rings. The molecular formula is C9H16O5. The summed E-state index contributed by atoms with van der Waals surface area (Å²) in [5.41, 5.74) is 0. The molecule has 0 bridgehead atoms. The molecule has 0 aliphatic heterocycles. The predicted octanol–water partition coefficient (Wildman–Crippen LogP) is 1.50. The van der Waals surface area contributed by atoms with E-state index in [0.29, 0.717) is 0 Å². The van der Waals surface area contributed by atoms with Crippen LogP contribution in [0.4, 0.5) is 4.79 Å². The molecule has 0 aromatic rings. The van der Waals surface area contributed by atoms with Gasteiger partial charge in [0.1, 0.15) is 0 Å². The minimum absolute atomic E-state index is 0.256. The van der Waals surface area contributed by atoms with E-state index in [9.17, 15) is 9.59 Å². The third kappa shape index (κ3) is 5.40. The summed E-state index contributed by atoms with van der Waals surface area (Å²) in [7, 11) is 0. The van der Waals surface area contributed by atoms with Crippen molar-refractivity contribution in [3.63, 3.8) is 0 Å². The average Bonchev–Trinajstić information content (AvgIpc) is 2.02. The van der Waals surface area contributed by atoms with Crippen molar-refractivity contribution in [1.29, 1.82) is 0 Å². The van der Waals surface area contributed by atoms with E-state index in [0.717, 1.165) is 0 Å². The summed E-state index contributed by atoms with van der Waals surface area (Å²) in [4.78, 5) is 21.9. The van der Waals surface area contributed by atoms with E-state index in [-0.39, 0.29) is 12.7 Å². The highest BCUT2D eigenvalue weighted by Crippen LogP contribution is 1.99. The summed E-state index contributed by atoms with van der Waals surface area (Å²) in [6.07, 6.45) is -2.06. The van der Waals surface area contributed by atoms with Crippen LogP contribution in [-0.2, 0) is 19.0 Å². The van der Waals surface area contributed by atoms with Gasteiger partial charge in [0, 0.05) is 0 Å². The van der Waals surface area contributed by atoms with Gasteiger partial charge in [0.15, 0.2) is 6.10 Å². The van der Waals surface area contributed by atoms with Crippen molar-refractivity contribution in [2.24, 2.45) is 0 Å². The van der Waals surface area contributed by atoms with Crippen molar-refractivity contribution in [2.45, 2.75) is 39.9 Å². The first kappa shape index (κ1) is 12.7. The van der Waals surface area contributed by atoms with Gasteiger partial charge >= 0.3 is 12.1 Å². The Morgan fingerprint density at radius 3 is 2.14 bits per heavy atom. The lowest BCUT2D eigenvalue weighted by molar-refractivity contribution is -0.153. The summed E-state index contributed by atoms with van der Waals surface area (Å²) < 4.78 is 14.0. The van der Waals surface area contributed by atoms with E-state index < -0.39 is 18.2 Å². The van der Waals surface area contributed by atoms with Crippen LogP contribution in [0.1, 0.15) is 27.7 Å². The number of hydrogen-bond acceptors (Lipinski definition) is 5. The molecule has 0 N–H and O–H groups in total. The molecule has 0 amide bonds. The molecule has 82 valence electrons. The van der Waals surface area contributed by atoms with Crippen LogP contribution >= 0.6 is 0 Å². The number of hydrogen-bond donors (Lipinski definition) is 0. The predicted molar refractivity (Wildman–Crippen MR) is 48.8 cm³/mol. The third-order valence-corrected chi connectivity index (χ3v) is 1.22. The molecule has 0 radical (unpaired) electrons. The lowest BCUT2D eigenvalue weighted by Gasteiger charge is -2.13. The van der Waals surface area contributed by atoms with Gasteiger partial charge < -0.3 is 14.2 Å². The molecule has 1 atom stereocenters. The van der Waals surface area contributed by atoms with Crippen molar-refractivity contribution in [3.8, 4) is 0 Å². The SMILES string of the molecule is CCOC(=O)C(C)OC(=O)OC(C)C. The maximum atomic E-state index is 11.0. The van der Waals surface area contributed by atoms with E-state index in [4.69, 9.17) is 0 Å². The second kappa shape index (κ2) is 6.23. The van der Waals surface area contributed by atoms with Crippen LogP contribution in [0.3, 0.4) is 0 Å². The zero-order valence-corrected chi connectivity index (χ0v) is 8.90. The Balaban J connectivity index is 3.87. The van der Waals surface area contributed by atoms with Gasteiger partial charge in [-0.25, -0.2) is 9.59 Å². The molecular weight excluding hydrogens is 188 g/mol. The highest BCUT2D eigenvalue weighted by atomic mass is 16.7.